The molecule has 3 aromatic rings. The highest BCUT2D eigenvalue weighted by atomic mass is 79.9. The molecule has 2 aromatic carbocycles. The molecule has 0 spiro atoms. The van der Waals surface area contributed by atoms with Crippen LogP contribution in [0.4, 0.5) is 0 Å². The van der Waals surface area contributed by atoms with Crippen LogP contribution < -0.4 is 18.6 Å². The van der Waals surface area contributed by atoms with Crippen LogP contribution in [0.25, 0.3) is 22.6 Å². The standard InChI is InChI=1S/C17H12BrO.ClHO4/c18-15-11-9-14(10-12-15)17-8-4-7-16(19-17)13-5-2-1-3-6-13;2-1(3,4)5/h1-12H;(H,2,3,4,5)/q+1;/p-1. The summed E-state index contributed by atoms with van der Waals surface area (Å²) in [6.07, 6.45) is 0. The predicted molar refractivity (Wildman–Crippen MR) is 81.7 cm³/mol. The Morgan fingerprint density at radius 3 is 1.58 bits per heavy atom. The summed E-state index contributed by atoms with van der Waals surface area (Å²) in [7, 11) is -4.94. The van der Waals surface area contributed by atoms with Gasteiger partial charge in [0.05, 0.1) is 11.1 Å². The Kier molecular flexibility index (Phi) is 6.44. The van der Waals surface area contributed by atoms with Crippen LogP contribution in [0.3, 0.4) is 0 Å². The molecule has 0 bridgehead atoms. The summed E-state index contributed by atoms with van der Waals surface area (Å²) >= 11 is 3.44. The quantitative estimate of drug-likeness (QED) is 0.583. The van der Waals surface area contributed by atoms with E-state index in [2.05, 4.69) is 15.9 Å². The Morgan fingerprint density at radius 2 is 1.08 bits per heavy atom. The van der Waals surface area contributed by atoms with Crippen molar-refractivity contribution in [2.75, 3.05) is 0 Å². The third-order valence-electron chi connectivity index (χ3n) is 2.90. The van der Waals surface area contributed by atoms with Crippen LogP contribution >= 0.6 is 15.9 Å². The average molecular weight is 412 g/mol. The van der Waals surface area contributed by atoms with E-state index >= 15 is 0 Å². The molecule has 0 N–H and O–H groups in total. The molecular formula is C17H12BrClO5. The molecule has 0 unspecified atom stereocenters. The van der Waals surface area contributed by atoms with Crippen LogP contribution in [0.5, 0.6) is 0 Å². The van der Waals surface area contributed by atoms with Crippen molar-refractivity contribution in [2.45, 2.75) is 0 Å². The van der Waals surface area contributed by atoms with Crippen LogP contribution in [-0.4, -0.2) is 0 Å². The maximum absolute atomic E-state index is 8.49. The predicted octanol–water partition coefficient (Wildman–Crippen LogP) is 0.901. The maximum atomic E-state index is 8.49. The van der Waals surface area contributed by atoms with Gasteiger partial charge in [-0.3, -0.25) is 0 Å². The Morgan fingerprint density at radius 1 is 0.625 bits per heavy atom. The lowest BCUT2D eigenvalue weighted by Crippen LogP contribution is -2.68. The van der Waals surface area contributed by atoms with Gasteiger partial charge in [0.2, 0.25) is 0 Å². The summed E-state index contributed by atoms with van der Waals surface area (Å²) in [4.78, 5) is 0. The second-order valence-electron chi connectivity index (χ2n) is 4.61. The van der Waals surface area contributed by atoms with Gasteiger partial charge < -0.3 is 0 Å². The van der Waals surface area contributed by atoms with Crippen LogP contribution in [0, 0.1) is 10.2 Å². The normalized spacial score (nSPS) is 10.7. The Balaban J connectivity index is 0.000000368. The smallest absolute Gasteiger partial charge is 0.222 e. The van der Waals surface area contributed by atoms with E-state index in [1.165, 1.54) is 0 Å². The van der Waals surface area contributed by atoms with Crippen molar-refractivity contribution in [3.05, 3.63) is 77.3 Å². The van der Waals surface area contributed by atoms with E-state index in [0.717, 1.165) is 27.1 Å². The summed E-state index contributed by atoms with van der Waals surface area (Å²) in [5.41, 5.74) is 2.16. The van der Waals surface area contributed by atoms with E-state index in [1.54, 1.807) is 0 Å². The Labute approximate surface area is 149 Å². The molecule has 0 aliphatic rings. The van der Waals surface area contributed by atoms with Crippen LogP contribution in [0.15, 0.2) is 81.7 Å². The molecule has 0 saturated heterocycles. The van der Waals surface area contributed by atoms with Gasteiger partial charge in [0, 0.05) is 16.6 Å². The van der Waals surface area contributed by atoms with E-state index < -0.39 is 10.2 Å². The van der Waals surface area contributed by atoms with Crippen molar-refractivity contribution >= 4 is 15.9 Å². The third-order valence-corrected chi connectivity index (χ3v) is 3.43. The summed E-state index contributed by atoms with van der Waals surface area (Å²) in [5.74, 6) is 1.75. The first-order chi connectivity index (χ1) is 11.3. The zero-order chi connectivity index (χ0) is 17.6. The molecule has 0 saturated carbocycles. The number of halogens is 2. The topological polar surface area (TPSA) is 104 Å². The Hall–Kier alpha value is -1.80. The molecule has 0 atom stereocenters. The maximum Gasteiger partial charge on any atom is 0.360 e. The fourth-order valence-corrected chi connectivity index (χ4v) is 2.20. The molecule has 0 fully saturated rings. The minimum Gasteiger partial charge on any atom is -0.222 e. The van der Waals surface area contributed by atoms with Crippen molar-refractivity contribution in [1.29, 1.82) is 0 Å². The molecule has 124 valence electrons. The molecule has 3 rings (SSSR count). The highest BCUT2D eigenvalue weighted by Crippen LogP contribution is 2.27. The Bertz CT molecular complexity index is 767. The van der Waals surface area contributed by atoms with Gasteiger partial charge in [0.15, 0.2) is 0 Å². The lowest BCUT2D eigenvalue weighted by atomic mass is 10.1. The van der Waals surface area contributed by atoms with Gasteiger partial charge in [0.25, 0.3) is 0 Å². The first-order valence-electron chi connectivity index (χ1n) is 6.69. The second-order valence-corrected chi connectivity index (χ2v) is 6.28. The largest absolute Gasteiger partial charge is 0.360 e. The monoisotopic (exact) mass is 410 g/mol. The van der Waals surface area contributed by atoms with Crippen molar-refractivity contribution in [2.24, 2.45) is 0 Å². The number of rotatable bonds is 2. The molecule has 0 aliphatic carbocycles. The molecule has 24 heavy (non-hydrogen) atoms. The number of benzene rings is 2. The summed E-state index contributed by atoms with van der Waals surface area (Å²) in [5, 5.41) is 0. The summed E-state index contributed by atoms with van der Waals surface area (Å²) in [6, 6.07) is 24.2. The molecule has 1 heterocycles. The molecule has 7 heteroatoms. The van der Waals surface area contributed by atoms with E-state index in [1.807, 2.05) is 72.8 Å². The van der Waals surface area contributed by atoms with Crippen LogP contribution in [-0.2, 0) is 0 Å². The molecule has 0 radical (unpaired) electrons. The minimum atomic E-state index is -4.94. The molecule has 0 amide bonds. The van der Waals surface area contributed by atoms with Gasteiger partial charge in [0.1, 0.15) is 0 Å². The summed E-state index contributed by atoms with van der Waals surface area (Å²) < 4.78 is 41.0. The number of hydrogen-bond acceptors (Lipinski definition) is 4. The van der Waals surface area contributed by atoms with Gasteiger partial charge in [-0.1, -0.05) is 34.1 Å². The zero-order valence-electron chi connectivity index (χ0n) is 12.2. The van der Waals surface area contributed by atoms with Crippen molar-refractivity contribution < 1.29 is 33.3 Å². The lowest BCUT2D eigenvalue weighted by molar-refractivity contribution is -2.00. The zero-order valence-corrected chi connectivity index (χ0v) is 14.6. The highest BCUT2D eigenvalue weighted by molar-refractivity contribution is 9.10. The fourth-order valence-electron chi connectivity index (χ4n) is 1.94. The van der Waals surface area contributed by atoms with Gasteiger partial charge in [-0.15, -0.1) is 10.2 Å². The summed E-state index contributed by atoms with van der Waals surface area (Å²) in [6.45, 7) is 0. The second kappa shape index (κ2) is 8.34. The van der Waals surface area contributed by atoms with E-state index in [-0.39, 0.29) is 0 Å². The molecule has 5 nitrogen and oxygen atoms in total. The van der Waals surface area contributed by atoms with Gasteiger partial charge in [-0.05, 0) is 42.5 Å². The van der Waals surface area contributed by atoms with E-state index in [4.69, 9.17) is 23.1 Å². The van der Waals surface area contributed by atoms with Crippen molar-refractivity contribution in [3.63, 3.8) is 0 Å². The van der Waals surface area contributed by atoms with Crippen molar-refractivity contribution in [3.8, 4) is 22.6 Å². The van der Waals surface area contributed by atoms with Gasteiger partial charge >= 0.3 is 11.5 Å². The van der Waals surface area contributed by atoms with E-state index in [9.17, 15) is 0 Å². The first-order valence-corrected chi connectivity index (χ1v) is 8.72. The highest BCUT2D eigenvalue weighted by Gasteiger charge is 2.15. The lowest BCUT2D eigenvalue weighted by Gasteiger charge is -2.17. The van der Waals surface area contributed by atoms with Crippen molar-refractivity contribution in [1.82, 2.24) is 0 Å². The first kappa shape index (κ1) is 18.5. The minimum absolute atomic E-state index is 0.869. The average Bonchev–Trinajstić information content (AvgIpc) is 2.55. The molecule has 1 aromatic heterocycles. The van der Waals surface area contributed by atoms with Crippen LogP contribution in [0.1, 0.15) is 0 Å². The van der Waals surface area contributed by atoms with Gasteiger partial charge in [-0.25, -0.2) is 23.1 Å². The number of hydrogen-bond donors (Lipinski definition) is 0. The third kappa shape index (κ3) is 6.37. The van der Waals surface area contributed by atoms with Gasteiger partial charge in [-0.2, -0.15) is 0 Å². The fraction of sp³-hybridized carbons (Fsp3) is 0. The van der Waals surface area contributed by atoms with E-state index in [0.29, 0.717) is 0 Å². The SMILES string of the molecule is Brc1ccc(-c2cccc(-c3ccccc3)[o+]2)cc1.[O-][Cl+3]([O-])([O-])[O-]. The van der Waals surface area contributed by atoms with Crippen LogP contribution in [0.2, 0.25) is 0 Å². The molecular weight excluding hydrogens is 400 g/mol. The molecule has 0 aliphatic heterocycles.